The van der Waals surface area contributed by atoms with Crippen LogP contribution in [0.15, 0.2) is 18.3 Å². The van der Waals surface area contributed by atoms with Crippen molar-refractivity contribution in [1.29, 1.82) is 0 Å². The first kappa shape index (κ1) is 13.1. The molecule has 0 bridgehead atoms. The molecule has 0 radical (unpaired) electrons. The van der Waals surface area contributed by atoms with Gasteiger partial charge in [-0.1, -0.05) is 12.8 Å². The molecule has 1 heterocycles. The normalized spacial score (nSPS) is 23.7. The number of hydrogen-bond acceptors (Lipinski definition) is 4. The van der Waals surface area contributed by atoms with Gasteiger partial charge in [-0.3, -0.25) is 0 Å². The van der Waals surface area contributed by atoms with E-state index in [2.05, 4.69) is 16.4 Å². The molecular formula is C14H24N4. The molecular weight excluding hydrogens is 224 g/mol. The molecule has 2 rings (SSSR count). The quantitative estimate of drug-likeness (QED) is 0.856. The van der Waals surface area contributed by atoms with Crippen LogP contribution in [0.3, 0.4) is 0 Å². The SMILES string of the molecule is CN(C)c1ccc(NC2CCCCC2CN)cn1. The lowest BCUT2D eigenvalue weighted by Crippen LogP contribution is -2.36. The summed E-state index contributed by atoms with van der Waals surface area (Å²) in [5, 5.41) is 3.59. The summed E-state index contributed by atoms with van der Waals surface area (Å²) in [4.78, 5) is 6.43. The fourth-order valence-corrected chi connectivity index (χ4v) is 2.63. The lowest BCUT2D eigenvalue weighted by molar-refractivity contribution is 0.332. The molecule has 0 aromatic carbocycles. The third-order valence-corrected chi connectivity index (χ3v) is 3.77. The van der Waals surface area contributed by atoms with Crippen LogP contribution in [0.2, 0.25) is 0 Å². The van der Waals surface area contributed by atoms with Gasteiger partial charge < -0.3 is 16.0 Å². The third-order valence-electron chi connectivity index (χ3n) is 3.77. The lowest BCUT2D eigenvalue weighted by atomic mass is 9.84. The van der Waals surface area contributed by atoms with Crippen LogP contribution in [-0.2, 0) is 0 Å². The summed E-state index contributed by atoms with van der Waals surface area (Å²) in [5.74, 6) is 1.59. The van der Waals surface area contributed by atoms with Gasteiger partial charge in [-0.15, -0.1) is 0 Å². The monoisotopic (exact) mass is 248 g/mol. The molecule has 4 heteroatoms. The van der Waals surface area contributed by atoms with Gasteiger partial charge in [0.25, 0.3) is 0 Å². The smallest absolute Gasteiger partial charge is 0.128 e. The van der Waals surface area contributed by atoms with Gasteiger partial charge in [-0.2, -0.15) is 0 Å². The second kappa shape index (κ2) is 6.05. The van der Waals surface area contributed by atoms with Crippen LogP contribution in [0, 0.1) is 5.92 Å². The van der Waals surface area contributed by atoms with Gasteiger partial charge in [-0.05, 0) is 37.4 Å². The van der Waals surface area contributed by atoms with Gasteiger partial charge in [0.15, 0.2) is 0 Å². The molecule has 3 N–H and O–H groups in total. The Morgan fingerprint density at radius 2 is 2.11 bits per heavy atom. The van der Waals surface area contributed by atoms with E-state index >= 15 is 0 Å². The summed E-state index contributed by atoms with van der Waals surface area (Å²) in [6, 6.07) is 4.66. The van der Waals surface area contributed by atoms with Crippen molar-refractivity contribution in [2.45, 2.75) is 31.7 Å². The predicted octanol–water partition coefficient (Wildman–Crippen LogP) is 2.08. The first-order valence-electron chi connectivity index (χ1n) is 6.80. The van der Waals surface area contributed by atoms with Crippen LogP contribution in [-0.4, -0.2) is 31.7 Å². The number of nitrogens with one attached hydrogen (secondary N) is 1. The van der Waals surface area contributed by atoms with E-state index in [-0.39, 0.29) is 0 Å². The summed E-state index contributed by atoms with van der Waals surface area (Å²) in [6.45, 7) is 0.779. The number of anilines is 2. The summed E-state index contributed by atoms with van der Waals surface area (Å²) in [7, 11) is 4.00. The van der Waals surface area contributed by atoms with E-state index in [0.717, 1.165) is 18.1 Å². The van der Waals surface area contributed by atoms with E-state index in [1.807, 2.05) is 31.3 Å². The van der Waals surface area contributed by atoms with Crippen molar-refractivity contribution in [1.82, 2.24) is 4.98 Å². The number of pyridine rings is 1. The van der Waals surface area contributed by atoms with Crippen molar-refractivity contribution in [3.63, 3.8) is 0 Å². The Labute approximate surface area is 110 Å². The fourth-order valence-electron chi connectivity index (χ4n) is 2.63. The Hall–Kier alpha value is -1.29. The molecule has 1 aromatic heterocycles. The number of nitrogens with two attached hydrogens (primary N) is 1. The minimum atomic E-state index is 0.510. The number of aromatic nitrogens is 1. The molecule has 0 amide bonds. The molecule has 0 aliphatic heterocycles. The third kappa shape index (κ3) is 3.13. The highest BCUT2D eigenvalue weighted by Crippen LogP contribution is 2.26. The highest BCUT2D eigenvalue weighted by molar-refractivity contribution is 5.48. The molecule has 0 saturated heterocycles. The summed E-state index contributed by atoms with van der Waals surface area (Å²) in [5.41, 5.74) is 6.95. The number of hydrogen-bond donors (Lipinski definition) is 2. The molecule has 18 heavy (non-hydrogen) atoms. The van der Waals surface area contributed by atoms with Gasteiger partial charge in [0, 0.05) is 20.1 Å². The predicted molar refractivity (Wildman–Crippen MR) is 77.0 cm³/mol. The number of rotatable bonds is 4. The van der Waals surface area contributed by atoms with Crippen molar-refractivity contribution in [3.8, 4) is 0 Å². The van der Waals surface area contributed by atoms with E-state index in [4.69, 9.17) is 5.73 Å². The van der Waals surface area contributed by atoms with Crippen LogP contribution < -0.4 is 16.0 Å². The van der Waals surface area contributed by atoms with Gasteiger partial charge in [-0.25, -0.2) is 4.98 Å². The van der Waals surface area contributed by atoms with E-state index in [1.54, 1.807) is 0 Å². The fraction of sp³-hybridized carbons (Fsp3) is 0.643. The van der Waals surface area contributed by atoms with Gasteiger partial charge in [0.2, 0.25) is 0 Å². The van der Waals surface area contributed by atoms with Crippen molar-refractivity contribution < 1.29 is 0 Å². The molecule has 2 unspecified atom stereocenters. The maximum atomic E-state index is 5.85. The zero-order valence-corrected chi connectivity index (χ0v) is 11.4. The van der Waals surface area contributed by atoms with Crippen LogP contribution >= 0.6 is 0 Å². The highest BCUT2D eigenvalue weighted by Gasteiger charge is 2.23. The number of nitrogens with zero attached hydrogens (tertiary/aromatic N) is 2. The Morgan fingerprint density at radius 1 is 1.33 bits per heavy atom. The average molecular weight is 248 g/mol. The standard InChI is InChI=1S/C14H24N4/c1-18(2)14-8-7-12(10-16-14)17-13-6-4-3-5-11(13)9-15/h7-8,10-11,13,17H,3-6,9,15H2,1-2H3. The summed E-state index contributed by atoms with van der Waals surface area (Å²) >= 11 is 0. The molecule has 1 aromatic rings. The first-order valence-corrected chi connectivity index (χ1v) is 6.80. The van der Waals surface area contributed by atoms with E-state index < -0.39 is 0 Å². The van der Waals surface area contributed by atoms with Crippen LogP contribution in [0.25, 0.3) is 0 Å². The van der Waals surface area contributed by atoms with Gasteiger partial charge >= 0.3 is 0 Å². The van der Waals surface area contributed by atoms with Crippen molar-refractivity contribution >= 4 is 11.5 Å². The Bertz CT molecular complexity index is 361. The van der Waals surface area contributed by atoms with E-state index in [0.29, 0.717) is 12.0 Å². The van der Waals surface area contributed by atoms with Gasteiger partial charge in [0.05, 0.1) is 11.9 Å². The maximum absolute atomic E-state index is 5.85. The largest absolute Gasteiger partial charge is 0.381 e. The van der Waals surface area contributed by atoms with Crippen molar-refractivity contribution in [2.75, 3.05) is 30.9 Å². The molecule has 1 saturated carbocycles. The molecule has 0 spiro atoms. The molecule has 4 nitrogen and oxygen atoms in total. The summed E-state index contributed by atoms with van der Waals surface area (Å²) < 4.78 is 0. The molecule has 100 valence electrons. The maximum Gasteiger partial charge on any atom is 0.128 e. The van der Waals surface area contributed by atoms with Crippen molar-refractivity contribution in [3.05, 3.63) is 18.3 Å². The van der Waals surface area contributed by atoms with Gasteiger partial charge in [0.1, 0.15) is 5.82 Å². The lowest BCUT2D eigenvalue weighted by Gasteiger charge is -2.32. The second-order valence-electron chi connectivity index (χ2n) is 5.33. The molecule has 2 atom stereocenters. The average Bonchev–Trinajstić information content (AvgIpc) is 2.40. The Balaban J connectivity index is 1.99. The Morgan fingerprint density at radius 3 is 2.72 bits per heavy atom. The first-order chi connectivity index (χ1) is 8.70. The summed E-state index contributed by atoms with van der Waals surface area (Å²) in [6.07, 6.45) is 7.00. The topological polar surface area (TPSA) is 54.2 Å². The zero-order chi connectivity index (χ0) is 13.0. The van der Waals surface area contributed by atoms with Crippen molar-refractivity contribution in [2.24, 2.45) is 11.7 Å². The minimum Gasteiger partial charge on any atom is -0.381 e. The van der Waals surface area contributed by atoms with E-state index in [9.17, 15) is 0 Å². The van der Waals surface area contributed by atoms with Crippen LogP contribution in [0.5, 0.6) is 0 Å². The van der Waals surface area contributed by atoms with Crippen LogP contribution in [0.1, 0.15) is 25.7 Å². The highest BCUT2D eigenvalue weighted by atomic mass is 15.1. The molecule has 1 aliphatic rings. The minimum absolute atomic E-state index is 0.510. The Kier molecular flexibility index (Phi) is 4.42. The molecule has 1 fully saturated rings. The van der Waals surface area contributed by atoms with Crippen LogP contribution in [0.4, 0.5) is 11.5 Å². The zero-order valence-electron chi connectivity index (χ0n) is 11.4. The molecule has 1 aliphatic carbocycles. The second-order valence-corrected chi connectivity index (χ2v) is 5.33. The van der Waals surface area contributed by atoms with E-state index in [1.165, 1.54) is 25.7 Å².